The standard InChI is InChI=1S/C19H25N7O2S/c1-25-13-17(12-22-25)29(27)26-8-6-15(7-9-26)23-19-21-11-14(10-20)18(24-19)28-16-4-2-3-5-16/h11-13,15-16H,2-9H2,1H3,(H,21,23,24). The number of rotatable bonds is 6. The van der Waals surface area contributed by atoms with Gasteiger partial charge in [0, 0.05) is 32.4 Å². The minimum atomic E-state index is -1.19. The van der Waals surface area contributed by atoms with Crippen molar-refractivity contribution in [3.8, 4) is 11.9 Å². The van der Waals surface area contributed by atoms with Gasteiger partial charge in [0.1, 0.15) is 28.7 Å². The van der Waals surface area contributed by atoms with Crippen LogP contribution in [-0.4, -0.2) is 53.5 Å². The molecule has 10 heteroatoms. The maximum atomic E-state index is 12.6. The number of hydrogen-bond acceptors (Lipinski definition) is 7. The summed E-state index contributed by atoms with van der Waals surface area (Å²) in [5, 5.41) is 16.8. The van der Waals surface area contributed by atoms with Gasteiger partial charge in [-0.1, -0.05) is 0 Å². The molecule has 1 N–H and O–H groups in total. The van der Waals surface area contributed by atoms with Gasteiger partial charge in [-0.2, -0.15) is 15.3 Å². The van der Waals surface area contributed by atoms with E-state index in [9.17, 15) is 9.47 Å². The number of nitriles is 1. The number of aryl methyl sites for hydroxylation is 1. The average molecular weight is 416 g/mol. The van der Waals surface area contributed by atoms with Crippen LogP contribution in [0.5, 0.6) is 5.88 Å². The van der Waals surface area contributed by atoms with Crippen molar-refractivity contribution in [3.05, 3.63) is 24.2 Å². The van der Waals surface area contributed by atoms with Crippen molar-refractivity contribution < 1.29 is 8.95 Å². The third-order valence-corrected chi connectivity index (χ3v) is 6.81. The highest BCUT2D eigenvalue weighted by atomic mass is 32.2. The first-order valence-corrected chi connectivity index (χ1v) is 11.1. The molecule has 0 spiro atoms. The van der Waals surface area contributed by atoms with Crippen LogP contribution in [0.1, 0.15) is 44.1 Å². The lowest BCUT2D eigenvalue weighted by Gasteiger charge is -2.30. The van der Waals surface area contributed by atoms with Crippen LogP contribution in [0.4, 0.5) is 5.95 Å². The van der Waals surface area contributed by atoms with Crippen molar-refractivity contribution in [2.75, 3.05) is 18.4 Å². The molecule has 0 radical (unpaired) electrons. The highest BCUT2D eigenvalue weighted by Crippen LogP contribution is 2.26. The first-order valence-electron chi connectivity index (χ1n) is 9.98. The van der Waals surface area contributed by atoms with Gasteiger partial charge in [0.15, 0.2) is 0 Å². The zero-order valence-electron chi connectivity index (χ0n) is 16.5. The Bertz CT molecular complexity index is 912. The van der Waals surface area contributed by atoms with Crippen LogP contribution in [0.2, 0.25) is 0 Å². The fourth-order valence-electron chi connectivity index (χ4n) is 3.75. The molecule has 2 aliphatic rings. The van der Waals surface area contributed by atoms with Gasteiger partial charge in [0.05, 0.1) is 17.3 Å². The molecule has 2 aromatic rings. The molecule has 1 atom stereocenters. The fraction of sp³-hybridized carbons (Fsp3) is 0.579. The van der Waals surface area contributed by atoms with Gasteiger partial charge < -0.3 is 10.1 Å². The Morgan fingerprint density at radius 3 is 2.66 bits per heavy atom. The summed E-state index contributed by atoms with van der Waals surface area (Å²) in [6, 6.07) is 2.30. The monoisotopic (exact) mass is 415 g/mol. The van der Waals surface area contributed by atoms with Gasteiger partial charge >= 0.3 is 0 Å². The number of aromatic nitrogens is 4. The molecule has 1 unspecified atom stereocenters. The number of nitrogens with zero attached hydrogens (tertiary/aromatic N) is 6. The quantitative estimate of drug-likeness (QED) is 0.768. The van der Waals surface area contributed by atoms with Crippen LogP contribution >= 0.6 is 0 Å². The van der Waals surface area contributed by atoms with E-state index < -0.39 is 11.0 Å². The molecule has 0 amide bonds. The molecule has 9 nitrogen and oxygen atoms in total. The average Bonchev–Trinajstić information content (AvgIpc) is 3.40. The third kappa shape index (κ3) is 4.74. The summed E-state index contributed by atoms with van der Waals surface area (Å²) in [5.74, 6) is 0.843. The van der Waals surface area contributed by atoms with Crippen LogP contribution in [0.3, 0.4) is 0 Å². The number of hydrogen-bond donors (Lipinski definition) is 1. The summed E-state index contributed by atoms with van der Waals surface area (Å²) in [5.41, 5.74) is 0.365. The summed E-state index contributed by atoms with van der Waals surface area (Å²) in [6.45, 7) is 1.42. The summed E-state index contributed by atoms with van der Waals surface area (Å²) in [4.78, 5) is 9.45. The van der Waals surface area contributed by atoms with Crippen LogP contribution < -0.4 is 10.1 Å². The number of piperidine rings is 1. The lowest BCUT2D eigenvalue weighted by molar-refractivity contribution is 0.200. The summed E-state index contributed by atoms with van der Waals surface area (Å²) < 4.78 is 22.2. The van der Waals surface area contributed by atoms with Gasteiger partial charge in [-0.15, -0.1) is 0 Å². The molecule has 1 saturated heterocycles. The van der Waals surface area contributed by atoms with E-state index in [2.05, 4.69) is 26.5 Å². The smallest absolute Gasteiger partial charge is 0.236 e. The molecule has 2 aromatic heterocycles. The number of anilines is 1. The third-order valence-electron chi connectivity index (χ3n) is 5.36. The second-order valence-electron chi connectivity index (χ2n) is 7.50. The second-order valence-corrected chi connectivity index (χ2v) is 8.98. The predicted octanol–water partition coefficient (Wildman–Crippen LogP) is 2.00. The molecular formula is C19H25N7O2S. The largest absolute Gasteiger partial charge is 0.473 e. The molecule has 0 aromatic carbocycles. The van der Waals surface area contributed by atoms with Crippen molar-refractivity contribution >= 4 is 16.9 Å². The molecule has 154 valence electrons. The van der Waals surface area contributed by atoms with Crippen LogP contribution in [0.15, 0.2) is 23.5 Å². The Morgan fingerprint density at radius 2 is 2.00 bits per heavy atom. The maximum absolute atomic E-state index is 12.6. The molecule has 1 aliphatic heterocycles. The topological polar surface area (TPSA) is 109 Å². The minimum absolute atomic E-state index is 0.135. The van der Waals surface area contributed by atoms with E-state index in [1.54, 1.807) is 17.1 Å². The lowest BCUT2D eigenvalue weighted by atomic mass is 10.1. The van der Waals surface area contributed by atoms with Crippen molar-refractivity contribution in [3.63, 3.8) is 0 Å². The first kappa shape index (κ1) is 19.8. The summed E-state index contributed by atoms with van der Waals surface area (Å²) >= 11 is 0. The van der Waals surface area contributed by atoms with Gasteiger partial charge in [0.2, 0.25) is 11.8 Å². The Balaban J connectivity index is 1.35. The molecule has 4 rings (SSSR count). The lowest BCUT2D eigenvalue weighted by Crippen LogP contribution is -2.40. The Kier molecular flexibility index (Phi) is 6.06. The second kappa shape index (κ2) is 8.88. The first-order chi connectivity index (χ1) is 14.1. The molecule has 29 heavy (non-hydrogen) atoms. The fourth-order valence-corrected chi connectivity index (χ4v) is 4.97. The Morgan fingerprint density at radius 1 is 1.24 bits per heavy atom. The molecule has 2 fully saturated rings. The van der Waals surface area contributed by atoms with Gasteiger partial charge in [-0.3, -0.25) is 4.68 Å². The van der Waals surface area contributed by atoms with E-state index in [0.29, 0.717) is 30.5 Å². The van der Waals surface area contributed by atoms with E-state index in [-0.39, 0.29) is 12.1 Å². The van der Waals surface area contributed by atoms with Gasteiger partial charge in [0.25, 0.3) is 0 Å². The minimum Gasteiger partial charge on any atom is -0.473 e. The van der Waals surface area contributed by atoms with Crippen molar-refractivity contribution in [2.24, 2.45) is 7.05 Å². The van der Waals surface area contributed by atoms with Gasteiger partial charge in [-0.05, 0) is 38.5 Å². The van der Waals surface area contributed by atoms with E-state index in [0.717, 1.165) is 43.4 Å². The SMILES string of the molecule is Cn1cc(S(=O)N2CCC(Nc3ncc(C#N)c(OC4CCCC4)n3)CC2)cn1. The zero-order chi connectivity index (χ0) is 20.2. The van der Waals surface area contributed by atoms with Crippen LogP contribution in [-0.2, 0) is 18.0 Å². The maximum Gasteiger partial charge on any atom is 0.236 e. The van der Waals surface area contributed by atoms with Crippen LogP contribution in [0, 0.1) is 11.3 Å². The molecule has 1 aliphatic carbocycles. The van der Waals surface area contributed by atoms with E-state index in [1.165, 1.54) is 6.20 Å². The summed E-state index contributed by atoms with van der Waals surface area (Å²) in [6.07, 6.45) is 11.1. The van der Waals surface area contributed by atoms with Crippen molar-refractivity contribution in [1.29, 1.82) is 5.26 Å². The normalized spacial score (nSPS) is 19.7. The van der Waals surface area contributed by atoms with E-state index >= 15 is 0 Å². The van der Waals surface area contributed by atoms with Crippen molar-refractivity contribution in [2.45, 2.75) is 55.6 Å². The number of ether oxygens (including phenoxy) is 1. The zero-order valence-corrected chi connectivity index (χ0v) is 17.3. The predicted molar refractivity (Wildman–Crippen MR) is 107 cm³/mol. The number of nitrogens with one attached hydrogen (secondary N) is 1. The summed E-state index contributed by atoms with van der Waals surface area (Å²) in [7, 11) is 0.632. The molecular weight excluding hydrogens is 390 g/mol. The van der Waals surface area contributed by atoms with E-state index in [1.807, 2.05) is 11.4 Å². The highest BCUT2D eigenvalue weighted by Gasteiger charge is 2.25. The Hall–Kier alpha value is -2.51. The molecule has 3 heterocycles. The van der Waals surface area contributed by atoms with E-state index in [4.69, 9.17) is 4.74 Å². The van der Waals surface area contributed by atoms with Crippen LogP contribution in [0.25, 0.3) is 0 Å². The highest BCUT2D eigenvalue weighted by molar-refractivity contribution is 7.82. The molecule has 0 bridgehead atoms. The van der Waals surface area contributed by atoms with Crippen molar-refractivity contribution in [1.82, 2.24) is 24.1 Å². The van der Waals surface area contributed by atoms with Gasteiger partial charge in [-0.25, -0.2) is 13.5 Å². The molecule has 1 saturated carbocycles. The Labute approximate surface area is 172 Å².